The third kappa shape index (κ3) is 3.48. The van der Waals surface area contributed by atoms with Crippen LogP contribution in [0.25, 0.3) is 28.2 Å². The predicted octanol–water partition coefficient (Wildman–Crippen LogP) is 4.69. The molecular formula is C20H16N2O3S2. The summed E-state index contributed by atoms with van der Waals surface area (Å²) in [6, 6.07) is 7.88. The third-order valence-electron chi connectivity index (χ3n) is 4.14. The molecular weight excluding hydrogens is 380 g/mol. The summed E-state index contributed by atoms with van der Waals surface area (Å²) in [5.74, 6) is 1.25. The average Bonchev–Trinajstić information content (AvgIpc) is 3.19. The highest BCUT2D eigenvalue weighted by molar-refractivity contribution is 8.26. The van der Waals surface area contributed by atoms with Crippen LogP contribution in [0.1, 0.15) is 18.2 Å². The Bertz CT molecular complexity index is 1100. The number of benzene rings is 1. The standard InChI is InChI=1S/C20H16N2O3S2/c1-3-24-16-5-4-12(6-11(16)2)15-10-21-9-13-7-14(25-18(13)15)8-17-19(23)22-20(26)27-17/h4-10H,3H2,1-2H3,(H,22,23,26)/b17-8-. The van der Waals surface area contributed by atoms with E-state index in [1.807, 2.05) is 32.0 Å². The van der Waals surface area contributed by atoms with Crippen molar-refractivity contribution in [3.8, 4) is 16.9 Å². The van der Waals surface area contributed by atoms with Crippen molar-refractivity contribution in [2.45, 2.75) is 13.8 Å². The van der Waals surface area contributed by atoms with Crippen molar-refractivity contribution in [2.24, 2.45) is 0 Å². The Hall–Kier alpha value is -2.64. The van der Waals surface area contributed by atoms with Gasteiger partial charge in [-0.25, -0.2) is 0 Å². The molecule has 0 aliphatic carbocycles. The Balaban J connectivity index is 1.76. The maximum atomic E-state index is 11.9. The van der Waals surface area contributed by atoms with Crippen LogP contribution in [0.5, 0.6) is 5.75 Å². The number of hydrogen-bond acceptors (Lipinski definition) is 6. The minimum atomic E-state index is -0.203. The van der Waals surface area contributed by atoms with Gasteiger partial charge in [-0.3, -0.25) is 9.78 Å². The molecule has 1 amide bonds. The second kappa shape index (κ2) is 7.17. The summed E-state index contributed by atoms with van der Waals surface area (Å²) in [6.07, 6.45) is 5.23. The summed E-state index contributed by atoms with van der Waals surface area (Å²) in [5.41, 5.74) is 3.67. The van der Waals surface area contributed by atoms with Gasteiger partial charge in [0.05, 0.1) is 11.5 Å². The van der Waals surface area contributed by atoms with E-state index in [0.717, 1.165) is 33.4 Å². The molecule has 1 N–H and O–H groups in total. The van der Waals surface area contributed by atoms with Gasteiger partial charge in [0.1, 0.15) is 21.4 Å². The van der Waals surface area contributed by atoms with Crippen LogP contribution in [0, 0.1) is 6.92 Å². The topological polar surface area (TPSA) is 64.4 Å². The van der Waals surface area contributed by atoms with Gasteiger partial charge < -0.3 is 14.5 Å². The normalized spacial score (nSPS) is 15.6. The van der Waals surface area contributed by atoms with Crippen molar-refractivity contribution in [1.82, 2.24) is 10.3 Å². The Morgan fingerprint density at radius 3 is 2.89 bits per heavy atom. The van der Waals surface area contributed by atoms with Crippen LogP contribution in [0.2, 0.25) is 0 Å². The van der Waals surface area contributed by atoms with Crippen LogP contribution in [-0.4, -0.2) is 21.8 Å². The Kier molecular flexibility index (Phi) is 4.72. The molecule has 1 fully saturated rings. The van der Waals surface area contributed by atoms with Crippen molar-refractivity contribution < 1.29 is 13.9 Å². The van der Waals surface area contributed by atoms with Gasteiger partial charge in [-0.15, -0.1) is 0 Å². The van der Waals surface area contributed by atoms with Crippen LogP contribution in [0.15, 0.2) is 46.0 Å². The molecule has 0 unspecified atom stereocenters. The van der Waals surface area contributed by atoms with Crippen molar-refractivity contribution >= 4 is 51.3 Å². The lowest BCUT2D eigenvalue weighted by Crippen LogP contribution is -2.17. The molecule has 3 aromatic rings. The predicted molar refractivity (Wildman–Crippen MR) is 112 cm³/mol. The van der Waals surface area contributed by atoms with E-state index in [9.17, 15) is 4.79 Å². The van der Waals surface area contributed by atoms with Crippen LogP contribution < -0.4 is 10.1 Å². The number of amides is 1. The van der Waals surface area contributed by atoms with E-state index in [-0.39, 0.29) is 5.91 Å². The zero-order valence-electron chi connectivity index (χ0n) is 14.7. The first-order chi connectivity index (χ1) is 13.0. The first kappa shape index (κ1) is 17.8. The number of fused-ring (bicyclic) bond motifs is 1. The molecule has 27 heavy (non-hydrogen) atoms. The lowest BCUT2D eigenvalue weighted by Gasteiger charge is -2.09. The highest BCUT2D eigenvalue weighted by Crippen LogP contribution is 2.34. The molecule has 4 rings (SSSR count). The van der Waals surface area contributed by atoms with Gasteiger partial charge in [0.15, 0.2) is 0 Å². The molecule has 1 aliphatic rings. The largest absolute Gasteiger partial charge is 0.494 e. The summed E-state index contributed by atoms with van der Waals surface area (Å²) in [6.45, 7) is 4.61. The lowest BCUT2D eigenvalue weighted by molar-refractivity contribution is -0.115. The number of hydrogen-bond donors (Lipinski definition) is 1. The van der Waals surface area contributed by atoms with E-state index in [1.54, 1.807) is 18.5 Å². The number of ether oxygens (including phenoxy) is 1. The summed E-state index contributed by atoms with van der Waals surface area (Å²) in [5, 5.41) is 3.47. The van der Waals surface area contributed by atoms with E-state index >= 15 is 0 Å². The fraction of sp³-hybridized carbons (Fsp3) is 0.150. The van der Waals surface area contributed by atoms with Crippen molar-refractivity contribution in [3.63, 3.8) is 0 Å². The number of carbonyl (C=O) groups excluding carboxylic acids is 1. The van der Waals surface area contributed by atoms with Crippen LogP contribution in [0.4, 0.5) is 0 Å². The molecule has 136 valence electrons. The number of pyridine rings is 1. The average molecular weight is 396 g/mol. The van der Waals surface area contributed by atoms with Gasteiger partial charge in [-0.05, 0) is 43.2 Å². The lowest BCUT2D eigenvalue weighted by atomic mass is 10.0. The van der Waals surface area contributed by atoms with Crippen LogP contribution in [0.3, 0.4) is 0 Å². The van der Waals surface area contributed by atoms with Gasteiger partial charge in [0, 0.05) is 29.4 Å². The first-order valence-corrected chi connectivity index (χ1v) is 9.64. The highest BCUT2D eigenvalue weighted by Gasteiger charge is 2.23. The first-order valence-electron chi connectivity index (χ1n) is 8.41. The summed E-state index contributed by atoms with van der Waals surface area (Å²) < 4.78 is 12.1. The number of furan rings is 1. The fourth-order valence-electron chi connectivity index (χ4n) is 2.94. The van der Waals surface area contributed by atoms with Gasteiger partial charge in [-0.1, -0.05) is 30.0 Å². The highest BCUT2D eigenvalue weighted by atomic mass is 32.2. The number of rotatable bonds is 4. The van der Waals surface area contributed by atoms with Crippen LogP contribution in [-0.2, 0) is 4.79 Å². The maximum Gasteiger partial charge on any atom is 0.263 e. The van der Waals surface area contributed by atoms with E-state index in [4.69, 9.17) is 21.4 Å². The minimum Gasteiger partial charge on any atom is -0.494 e. The van der Waals surface area contributed by atoms with Crippen LogP contribution >= 0.6 is 24.0 Å². The molecule has 5 nitrogen and oxygen atoms in total. The molecule has 0 atom stereocenters. The van der Waals surface area contributed by atoms with Crippen molar-refractivity contribution in [2.75, 3.05) is 6.61 Å². The van der Waals surface area contributed by atoms with Gasteiger partial charge in [-0.2, -0.15) is 0 Å². The number of carbonyl (C=O) groups is 1. The smallest absolute Gasteiger partial charge is 0.263 e. The molecule has 0 radical (unpaired) electrons. The van der Waals surface area contributed by atoms with E-state index in [1.165, 1.54) is 11.8 Å². The summed E-state index contributed by atoms with van der Waals surface area (Å²) in [7, 11) is 0. The number of thioether (sulfide) groups is 1. The monoisotopic (exact) mass is 396 g/mol. The van der Waals surface area contributed by atoms with E-state index < -0.39 is 0 Å². The molecule has 0 spiro atoms. The van der Waals surface area contributed by atoms with Gasteiger partial charge in [0.25, 0.3) is 5.91 Å². The second-order valence-corrected chi connectivity index (χ2v) is 7.74. The third-order valence-corrected chi connectivity index (χ3v) is 5.31. The van der Waals surface area contributed by atoms with E-state index in [2.05, 4.69) is 16.4 Å². The molecule has 3 heterocycles. The maximum absolute atomic E-state index is 11.9. The molecule has 7 heteroatoms. The number of aryl methyl sites for hydroxylation is 1. The van der Waals surface area contributed by atoms with Gasteiger partial charge >= 0.3 is 0 Å². The quantitative estimate of drug-likeness (QED) is 0.510. The fourth-order valence-corrected chi connectivity index (χ4v) is 3.97. The SMILES string of the molecule is CCOc1ccc(-c2cncc3cc(/C=C4\SC(=S)NC4=O)oc23)cc1C. The number of thiocarbonyl (C=S) groups is 1. The Morgan fingerprint density at radius 1 is 1.33 bits per heavy atom. The Morgan fingerprint density at radius 2 is 2.19 bits per heavy atom. The minimum absolute atomic E-state index is 0.203. The number of nitrogens with one attached hydrogen (secondary N) is 1. The molecule has 0 saturated carbocycles. The number of aromatic nitrogens is 1. The zero-order chi connectivity index (χ0) is 19.0. The summed E-state index contributed by atoms with van der Waals surface area (Å²) in [4.78, 5) is 16.7. The molecule has 2 aromatic heterocycles. The molecule has 1 saturated heterocycles. The van der Waals surface area contributed by atoms with Crippen molar-refractivity contribution in [3.05, 3.63) is 52.9 Å². The Labute approximate surface area is 165 Å². The van der Waals surface area contributed by atoms with Gasteiger partial charge in [0.2, 0.25) is 0 Å². The second-order valence-electron chi connectivity index (χ2n) is 6.02. The van der Waals surface area contributed by atoms with E-state index in [0.29, 0.717) is 21.6 Å². The molecule has 1 aromatic carbocycles. The summed E-state index contributed by atoms with van der Waals surface area (Å²) >= 11 is 6.25. The van der Waals surface area contributed by atoms with Crippen molar-refractivity contribution in [1.29, 1.82) is 0 Å². The molecule has 0 bridgehead atoms. The molecule has 1 aliphatic heterocycles. The number of nitrogens with zero attached hydrogens (tertiary/aromatic N) is 1. The zero-order valence-corrected chi connectivity index (χ0v) is 16.4.